The predicted octanol–water partition coefficient (Wildman–Crippen LogP) is 1.60. The molecule has 0 unspecified atom stereocenters. The van der Waals surface area contributed by atoms with Gasteiger partial charge < -0.3 is 20.6 Å². The number of para-hydroxylation sites is 1. The second kappa shape index (κ2) is 5.89. The van der Waals surface area contributed by atoms with Crippen LogP contribution in [0.25, 0.3) is 0 Å². The van der Waals surface area contributed by atoms with Crippen LogP contribution in [0.5, 0.6) is 11.5 Å². The maximum absolute atomic E-state index is 9.60. The molecule has 17 heavy (non-hydrogen) atoms. The highest BCUT2D eigenvalue weighted by Gasteiger charge is 2.16. The van der Waals surface area contributed by atoms with Gasteiger partial charge in [0.05, 0.1) is 0 Å². The molecule has 1 aromatic rings. The van der Waals surface area contributed by atoms with Crippen LogP contribution in [0.2, 0.25) is 0 Å². The topological polar surface area (TPSA) is 72.7 Å². The lowest BCUT2D eigenvalue weighted by molar-refractivity contribution is 0.207. The van der Waals surface area contributed by atoms with Gasteiger partial charge in [0.15, 0.2) is 11.5 Å². The zero-order valence-electron chi connectivity index (χ0n) is 10.4. The average molecular weight is 239 g/mol. The Labute approximate surface area is 102 Å². The lowest BCUT2D eigenvalue weighted by Crippen LogP contribution is -2.29. The molecule has 4 heteroatoms. The van der Waals surface area contributed by atoms with Crippen molar-refractivity contribution in [1.82, 2.24) is 5.32 Å². The van der Waals surface area contributed by atoms with Crippen molar-refractivity contribution in [1.29, 1.82) is 0 Å². The van der Waals surface area contributed by atoms with E-state index in [2.05, 4.69) is 19.2 Å². The summed E-state index contributed by atoms with van der Waals surface area (Å²) in [4.78, 5) is 0. The van der Waals surface area contributed by atoms with Crippen LogP contribution in [0.4, 0.5) is 0 Å². The molecular weight excluding hydrogens is 218 g/mol. The predicted molar refractivity (Wildman–Crippen MR) is 67.0 cm³/mol. The summed E-state index contributed by atoms with van der Waals surface area (Å²) < 4.78 is 0. The SMILES string of the molecule is CC(C)(CCO)CNCc1cccc(O)c1O. The number of aromatic hydroxyl groups is 2. The molecule has 0 aliphatic heterocycles. The molecule has 4 N–H and O–H groups in total. The third kappa shape index (κ3) is 4.24. The molecule has 0 radical (unpaired) electrons. The number of nitrogens with one attached hydrogen (secondary N) is 1. The van der Waals surface area contributed by atoms with Crippen LogP contribution >= 0.6 is 0 Å². The average Bonchev–Trinajstić information content (AvgIpc) is 2.24. The van der Waals surface area contributed by atoms with Gasteiger partial charge in [-0.05, 0) is 17.9 Å². The van der Waals surface area contributed by atoms with E-state index in [4.69, 9.17) is 5.11 Å². The van der Waals surface area contributed by atoms with Crippen molar-refractivity contribution in [2.45, 2.75) is 26.8 Å². The molecule has 1 aromatic carbocycles. The van der Waals surface area contributed by atoms with Gasteiger partial charge in [-0.25, -0.2) is 0 Å². The molecule has 0 aromatic heterocycles. The van der Waals surface area contributed by atoms with E-state index in [0.29, 0.717) is 12.1 Å². The van der Waals surface area contributed by atoms with E-state index in [1.54, 1.807) is 12.1 Å². The van der Waals surface area contributed by atoms with Crippen LogP contribution in [0.1, 0.15) is 25.8 Å². The normalized spacial score (nSPS) is 11.7. The highest BCUT2D eigenvalue weighted by atomic mass is 16.3. The molecule has 4 nitrogen and oxygen atoms in total. The lowest BCUT2D eigenvalue weighted by Gasteiger charge is -2.24. The Hall–Kier alpha value is -1.26. The number of benzene rings is 1. The minimum Gasteiger partial charge on any atom is -0.504 e. The number of aliphatic hydroxyl groups is 1. The molecule has 0 heterocycles. The lowest BCUT2D eigenvalue weighted by atomic mass is 9.90. The Kier molecular flexibility index (Phi) is 4.78. The van der Waals surface area contributed by atoms with Crippen LogP contribution in [0.15, 0.2) is 18.2 Å². The summed E-state index contributed by atoms with van der Waals surface area (Å²) in [6.45, 7) is 5.54. The summed E-state index contributed by atoms with van der Waals surface area (Å²) in [6, 6.07) is 4.92. The minimum absolute atomic E-state index is 0.0151. The Morgan fingerprint density at radius 3 is 2.59 bits per heavy atom. The van der Waals surface area contributed by atoms with Crippen molar-refractivity contribution < 1.29 is 15.3 Å². The number of aliphatic hydroxyl groups excluding tert-OH is 1. The van der Waals surface area contributed by atoms with E-state index in [-0.39, 0.29) is 23.5 Å². The van der Waals surface area contributed by atoms with Crippen molar-refractivity contribution in [2.24, 2.45) is 5.41 Å². The zero-order valence-corrected chi connectivity index (χ0v) is 10.4. The van der Waals surface area contributed by atoms with Crippen molar-refractivity contribution in [3.63, 3.8) is 0 Å². The first-order valence-corrected chi connectivity index (χ1v) is 5.78. The van der Waals surface area contributed by atoms with E-state index in [9.17, 15) is 10.2 Å². The molecule has 0 fully saturated rings. The van der Waals surface area contributed by atoms with E-state index in [1.807, 2.05) is 0 Å². The van der Waals surface area contributed by atoms with Gasteiger partial charge >= 0.3 is 0 Å². The van der Waals surface area contributed by atoms with Gasteiger partial charge in [-0.3, -0.25) is 0 Å². The van der Waals surface area contributed by atoms with Gasteiger partial charge in [-0.1, -0.05) is 26.0 Å². The van der Waals surface area contributed by atoms with Crippen LogP contribution in [-0.2, 0) is 6.54 Å². The summed E-state index contributed by atoms with van der Waals surface area (Å²) in [5.74, 6) is -0.168. The molecule has 1 rings (SSSR count). The third-order valence-corrected chi connectivity index (χ3v) is 2.81. The van der Waals surface area contributed by atoms with E-state index < -0.39 is 0 Å². The Morgan fingerprint density at radius 1 is 1.24 bits per heavy atom. The van der Waals surface area contributed by atoms with Crippen LogP contribution < -0.4 is 5.32 Å². The van der Waals surface area contributed by atoms with Crippen molar-refractivity contribution in [3.8, 4) is 11.5 Å². The maximum atomic E-state index is 9.60. The van der Waals surface area contributed by atoms with Crippen molar-refractivity contribution in [2.75, 3.05) is 13.2 Å². The molecule has 0 saturated carbocycles. The van der Waals surface area contributed by atoms with Crippen molar-refractivity contribution in [3.05, 3.63) is 23.8 Å². The number of hydrogen-bond donors (Lipinski definition) is 4. The van der Waals surface area contributed by atoms with Crippen LogP contribution in [0, 0.1) is 5.41 Å². The minimum atomic E-state index is -0.0982. The molecule has 0 bridgehead atoms. The van der Waals surface area contributed by atoms with Gasteiger partial charge in [0, 0.05) is 25.3 Å². The molecule has 0 atom stereocenters. The fourth-order valence-electron chi connectivity index (χ4n) is 1.65. The van der Waals surface area contributed by atoms with Gasteiger partial charge in [0.1, 0.15) is 0 Å². The van der Waals surface area contributed by atoms with Crippen LogP contribution in [0.3, 0.4) is 0 Å². The van der Waals surface area contributed by atoms with E-state index in [0.717, 1.165) is 13.0 Å². The quantitative estimate of drug-likeness (QED) is 0.569. The molecule has 0 aliphatic carbocycles. The fourth-order valence-corrected chi connectivity index (χ4v) is 1.65. The van der Waals surface area contributed by atoms with E-state index >= 15 is 0 Å². The molecule has 96 valence electrons. The number of phenols is 2. The number of rotatable bonds is 6. The first-order valence-electron chi connectivity index (χ1n) is 5.78. The maximum Gasteiger partial charge on any atom is 0.161 e. The Bertz CT molecular complexity index is 364. The third-order valence-electron chi connectivity index (χ3n) is 2.81. The second-order valence-corrected chi connectivity index (χ2v) is 5.03. The summed E-state index contributed by atoms with van der Waals surface area (Å²) in [5, 5.41) is 31.0. The second-order valence-electron chi connectivity index (χ2n) is 5.03. The zero-order chi connectivity index (χ0) is 12.9. The van der Waals surface area contributed by atoms with Crippen LogP contribution in [-0.4, -0.2) is 28.5 Å². The fraction of sp³-hybridized carbons (Fsp3) is 0.538. The number of phenolic OH excluding ortho intramolecular Hbond substituents is 2. The van der Waals surface area contributed by atoms with Crippen molar-refractivity contribution >= 4 is 0 Å². The molecule has 0 spiro atoms. The molecule has 0 aliphatic rings. The smallest absolute Gasteiger partial charge is 0.161 e. The highest BCUT2D eigenvalue weighted by molar-refractivity contribution is 5.44. The number of hydrogen-bond acceptors (Lipinski definition) is 4. The molecule has 0 saturated heterocycles. The first-order chi connectivity index (χ1) is 7.96. The Balaban J connectivity index is 2.49. The summed E-state index contributed by atoms with van der Waals surface area (Å²) in [7, 11) is 0. The van der Waals surface area contributed by atoms with Gasteiger partial charge in [-0.2, -0.15) is 0 Å². The van der Waals surface area contributed by atoms with Gasteiger partial charge in [0.25, 0.3) is 0 Å². The molecular formula is C13H21NO3. The standard InChI is InChI=1S/C13H21NO3/c1-13(2,6-7-15)9-14-8-10-4-3-5-11(16)12(10)17/h3-5,14-17H,6-9H2,1-2H3. The molecule has 0 amide bonds. The van der Waals surface area contributed by atoms with E-state index in [1.165, 1.54) is 6.07 Å². The summed E-state index contributed by atoms with van der Waals surface area (Å²) >= 11 is 0. The van der Waals surface area contributed by atoms with Gasteiger partial charge in [0.2, 0.25) is 0 Å². The summed E-state index contributed by atoms with van der Waals surface area (Å²) in [6.07, 6.45) is 0.728. The van der Waals surface area contributed by atoms with Gasteiger partial charge in [-0.15, -0.1) is 0 Å². The monoisotopic (exact) mass is 239 g/mol. The Morgan fingerprint density at radius 2 is 1.94 bits per heavy atom. The summed E-state index contributed by atoms with van der Waals surface area (Å²) in [5.41, 5.74) is 0.686. The first kappa shape index (κ1) is 13.8. The highest BCUT2D eigenvalue weighted by Crippen LogP contribution is 2.28. The largest absolute Gasteiger partial charge is 0.504 e.